The van der Waals surface area contributed by atoms with Gasteiger partial charge in [0.15, 0.2) is 0 Å². The third-order valence-electron chi connectivity index (χ3n) is 3.81. The predicted molar refractivity (Wildman–Crippen MR) is 104 cm³/mol. The molecule has 28 heavy (non-hydrogen) atoms. The Kier molecular flexibility index (Phi) is 5.87. The van der Waals surface area contributed by atoms with Crippen molar-refractivity contribution in [3.05, 3.63) is 88.9 Å². The summed E-state index contributed by atoms with van der Waals surface area (Å²) in [5, 5.41) is 10.9. The number of benzene rings is 3. The van der Waals surface area contributed by atoms with Gasteiger partial charge in [-0.05, 0) is 47.5 Å². The Bertz CT molecular complexity index is 1080. The summed E-state index contributed by atoms with van der Waals surface area (Å²) in [6.07, 6.45) is 0. The average molecular weight is 417 g/mol. The van der Waals surface area contributed by atoms with E-state index in [0.717, 1.165) is 11.6 Å². The van der Waals surface area contributed by atoms with Gasteiger partial charge in [-0.15, -0.1) is 0 Å². The van der Waals surface area contributed by atoms with Gasteiger partial charge < -0.3 is 14.6 Å². The molecule has 6 nitrogen and oxygen atoms in total. The number of aromatic carboxylic acids is 1. The summed E-state index contributed by atoms with van der Waals surface area (Å²) in [5.41, 5.74) is 1.01. The lowest BCUT2D eigenvalue weighted by Gasteiger charge is -2.12. The largest absolute Gasteiger partial charge is 0.545 e. The summed E-state index contributed by atoms with van der Waals surface area (Å²) in [6.45, 7) is 0.386. The Morgan fingerprint density at radius 3 is 2.32 bits per heavy atom. The maximum atomic E-state index is 12.6. The number of halogens is 1. The van der Waals surface area contributed by atoms with E-state index in [1.807, 2.05) is 30.3 Å². The van der Waals surface area contributed by atoms with E-state index < -0.39 is 16.0 Å². The summed E-state index contributed by atoms with van der Waals surface area (Å²) >= 11 is 5.92. The number of carbonyl (C=O) groups is 1. The van der Waals surface area contributed by atoms with Crippen LogP contribution in [0.2, 0.25) is 5.02 Å². The fraction of sp³-hybridized carbons (Fsp3) is 0.0500. The number of carbonyl (C=O) groups excluding carboxylic acids is 1. The van der Waals surface area contributed by atoms with E-state index in [1.165, 1.54) is 24.3 Å². The summed E-state index contributed by atoms with van der Waals surface area (Å²) in [7, 11) is -4.08. The van der Waals surface area contributed by atoms with Crippen molar-refractivity contribution >= 4 is 33.3 Å². The molecular formula is C20H15ClNO5S-. The van der Waals surface area contributed by atoms with Crippen molar-refractivity contribution in [2.24, 2.45) is 0 Å². The second kappa shape index (κ2) is 8.33. The van der Waals surface area contributed by atoms with Crippen LogP contribution in [0.25, 0.3) is 0 Å². The zero-order valence-corrected chi connectivity index (χ0v) is 16.0. The van der Waals surface area contributed by atoms with E-state index in [0.29, 0.717) is 12.4 Å². The number of nitrogens with one attached hydrogen (secondary N) is 1. The van der Waals surface area contributed by atoms with Gasteiger partial charge in [-0.2, -0.15) is 0 Å². The maximum Gasteiger partial charge on any atom is 0.263 e. The molecular weight excluding hydrogens is 402 g/mol. The topological polar surface area (TPSA) is 95.5 Å². The van der Waals surface area contributed by atoms with Crippen LogP contribution < -0.4 is 14.6 Å². The van der Waals surface area contributed by atoms with Crippen LogP contribution in [0.5, 0.6) is 5.75 Å². The minimum absolute atomic E-state index is 0.0969. The molecule has 0 fully saturated rings. The highest BCUT2D eigenvalue weighted by molar-refractivity contribution is 7.92. The van der Waals surface area contributed by atoms with Gasteiger partial charge in [0.2, 0.25) is 0 Å². The Labute approximate surface area is 167 Å². The lowest BCUT2D eigenvalue weighted by molar-refractivity contribution is -0.255. The first-order valence-corrected chi connectivity index (χ1v) is 10.0. The van der Waals surface area contributed by atoms with Crippen molar-refractivity contribution in [1.29, 1.82) is 0 Å². The number of rotatable bonds is 7. The van der Waals surface area contributed by atoms with E-state index in [2.05, 4.69) is 4.72 Å². The van der Waals surface area contributed by atoms with Gasteiger partial charge in [0.05, 0.1) is 11.0 Å². The molecule has 3 rings (SSSR count). The summed E-state index contributed by atoms with van der Waals surface area (Å²) in [4.78, 5) is 10.6. The van der Waals surface area contributed by atoms with Crippen LogP contribution in [0.15, 0.2) is 77.7 Å². The number of sulfonamides is 1. The average Bonchev–Trinajstić information content (AvgIpc) is 2.68. The van der Waals surface area contributed by atoms with Crippen molar-refractivity contribution in [3.8, 4) is 5.75 Å². The quantitative estimate of drug-likeness (QED) is 0.638. The lowest BCUT2D eigenvalue weighted by Crippen LogP contribution is -2.23. The van der Waals surface area contributed by atoms with Crippen LogP contribution in [0.1, 0.15) is 15.9 Å². The lowest BCUT2D eigenvalue weighted by atomic mass is 10.2. The second-order valence-electron chi connectivity index (χ2n) is 5.84. The maximum absolute atomic E-state index is 12.6. The monoisotopic (exact) mass is 416 g/mol. The fourth-order valence-electron chi connectivity index (χ4n) is 2.41. The Morgan fingerprint density at radius 2 is 1.68 bits per heavy atom. The number of carboxylic acids is 1. The molecule has 3 aromatic rings. The van der Waals surface area contributed by atoms with E-state index in [-0.39, 0.29) is 21.2 Å². The second-order valence-corrected chi connectivity index (χ2v) is 7.89. The highest BCUT2D eigenvalue weighted by Gasteiger charge is 2.19. The Hall–Kier alpha value is -3.03. The van der Waals surface area contributed by atoms with Gasteiger partial charge in [0.1, 0.15) is 17.3 Å². The summed E-state index contributed by atoms with van der Waals surface area (Å²) in [6, 6.07) is 19.3. The van der Waals surface area contributed by atoms with E-state index in [9.17, 15) is 18.3 Å². The van der Waals surface area contributed by atoms with Crippen molar-refractivity contribution in [1.82, 2.24) is 0 Å². The molecule has 0 heterocycles. The first-order chi connectivity index (χ1) is 13.3. The van der Waals surface area contributed by atoms with Gasteiger partial charge in [0.25, 0.3) is 10.0 Å². The van der Waals surface area contributed by atoms with E-state index >= 15 is 0 Å². The molecule has 0 amide bonds. The number of hydrogen-bond donors (Lipinski definition) is 1. The van der Waals surface area contributed by atoms with E-state index in [4.69, 9.17) is 16.3 Å². The molecule has 144 valence electrons. The van der Waals surface area contributed by atoms with Crippen LogP contribution in [-0.2, 0) is 16.6 Å². The van der Waals surface area contributed by atoms with Gasteiger partial charge in [-0.25, -0.2) is 8.42 Å². The Morgan fingerprint density at radius 1 is 1.00 bits per heavy atom. The van der Waals surface area contributed by atoms with Gasteiger partial charge in [-0.3, -0.25) is 4.72 Å². The normalized spacial score (nSPS) is 11.0. The van der Waals surface area contributed by atoms with Gasteiger partial charge >= 0.3 is 0 Å². The minimum Gasteiger partial charge on any atom is -0.545 e. The first-order valence-electron chi connectivity index (χ1n) is 8.16. The molecule has 0 atom stereocenters. The Balaban J connectivity index is 1.72. The van der Waals surface area contributed by atoms with Crippen molar-refractivity contribution in [2.75, 3.05) is 4.72 Å². The number of anilines is 1. The van der Waals surface area contributed by atoms with Crippen molar-refractivity contribution < 1.29 is 23.1 Å². The third-order valence-corrected chi connectivity index (χ3v) is 5.67. The van der Waals surface area contributed by atoms with Crippen LogP contribution in [0.4, 0.5) is 5.69 Å². The zero-order valence-electron chi connectivity index (χ0n) is 14.5. The summed E-state index contributed by atoms with van der Waals surface area (Å²) < 4.78 is 33.1. The molecule has 0 bridgehead atoms. The molecule has 0 saturated heterocycles. The molecule has 0 aliphatic carbocycles. The highest BCUT2D eigenvalue weighted by atomic mass is 35.5. The first kappa shape index (κ1) is 19.7. The summed E-state index contributed by atoms with van der Waals surface area (Å²) in [5.74, 6) is -0.920. The zero-order chi connectivity index (χ0) is 20.1. The fourth-order valence-corrected chi connectivity index (χ4v) is 3.99. The number of carboxylic acid groups (broad SMARTS) is 1. The van der Waals surface area contributed by atoms with Crippen LogP contribution in [-0.4, -0.2) is 14.4 Å². The molecule has 0 aliphatic heterocycles. The minimum atomic E-state index is -4.08. The molecule has 0 unspecified atom stereocenters. The predicted octanol–water partition coefficient (Wildman–Crippen LogP) is 3.08. The van der Waals surface area contributed by atoms with E-state index in [1.54, 1.807) is 12.1 Å². The third kappa shape index (κ3) is 4.82. The highest BCUT2D eigenvalue weighted by Crippen LogP contribution is 2.26. The van der Waals surface area contributed by atoms with Gasteiger partial charge in [0, 0.05) is 5.69 Å². The molecule has 0 spiro atoms. The van der Waals surface area contributed by atoms with Crippen molar-refractivity contribution in [2.45, 2.75) is 11.5 Å². The standard InChI is InChI=1S/C20H16ClNO5S/c21-18-11-6-15(20(23)24)12-19(18)28(25,26)22-16-7-9-17(10-8-16)27-13-14-4-2-1-3-5-14/h1-12,22H,13H2,(H,23,24)/p-1. The molecule has 0 saturated carbocycles. The molecule has 0 aliphatic rings. The van der Waals surface area contributed by atoms with Gasteiger partial charge in [-0.1, -0.05) is 48.0 Å². The number of ether oxygens (including phenoxy) is 1. The van der Waals surface area contributed by atoms with Crippen LogP contribution in [0.3, 0.4) is 0 Å². The molecule has 0 radical (unpaired) electrons. The van der Waals surface area contributed by atoms with Crippen LogP contribution in [0, 0.1) is 0 Å². The SMILES string of the molecule is O=C([O-])c1ccc(Cl)c(S(=O)(=O)Nc2ccc(OCc3ccccc3)cc2)c1. The number of hydrogen-bond acceptors (Lipinski definition) is 5. The van der Waals surface area contributed by atoms with Crippen molar-refractivity contribution in [3.63, 3.8) is 0 Å². The molecule has 3 aromatic carbocycles. The molecule has 0 aromatic heterocycles. The molecule has 8 heteroatoms. The smallest absolute Gasteiger partial charge is 0.263 e. The van der Waals surface area contributed by atoms with Crippen LogP contribution >= 0.6 is 11.6 Å². The molecule has 1 N–H and O–H groups in total.